The lowest BCUT2D eigenvalue weighted by atomic mass is 9.81. The van der Waals surface area contributed by atoms with E-state index in [2.05, 4.69) is 15.3 Å². The Bertz CT molecular complexity index is 496. The van der Waals surface area contributed by atoms with Crippen molar-refractivity contribution in [2.75, 3.05) is 12.4 Å². The normalized spacial score (nSPS) is 22.1. The maximum absolute atomic E-state index is 12.1. The summed E-state index contributed by atoms with van der Waals surface area (Å²) in [6.07, 6.45) is 4.39. The fourth-order valence-corrected chi connectivity index (χ4v) is 2.48. The van der Waals surface area contributed by atoms with E-state index < -0.39 is 0 Å². The standard InChI is InChI=1S/C14H19N3O3/c1-9-7-8-15-14(16-9)17-12(18)10-3-5-11(6-4-10)13(19)20-2/h7-8,10-11H,3-6H2,1-2H3,(H,15,16,17,18). The van der Waals surface area contributed by atoms with E-state index in [1.165, 1.54) is 7.11 Å². The highest BCUT2D eigenvalue weighted by Gasteiger charge is 2.30. The smallest absolute Gasteiger partial charge is 0.308 e. The molecule has 1 fully saturated rings. The lowest BCUT2D eigenvalue weighted by Crippen LogP contribution is -2.30. The van der Waals surface area contributed by atoms with Gasteiger partial charge in [-0.25, -0.2) is 9.97 Å². The van der Waals surface area contributed by atoms with Crippen LogP contribution in [0.3, 0.4) is 0 Å². The predicted molar refractivity (Wildman–Crippen MR) is 72.9 cm³/mol. The maximum Gasteiger partial charge on any atom is 0.308 e. The topological polar surface area (TPSA) is 81.2 Å². The highest BCUT2D eigenvalue weighted by Crippen LogP contribution is 2.30. The molecule has 0 unspecified atom stereocenters. The van der Waals surface area contributed by atoms with E-state index in [4.69, 9.17) is 4.74 Å². The first-order valence-electron chi connectivity index (χ1n) is 6.78. The number of aromatic nitrogens is 2. The van der Waals surface area contributed by atoms with Crippen LogP contribution in [0.5, 0.6) is 0 Å². The third-order valence-corrected chi connectivity index (χ3v) is 3.66. The number of carbonyl (C=O) groups excluding carboxylic acids is 2. The van der Waals surface area contributed by atoms with Gasteiger partial charge < -0.3 is 4.74 Å². The van der Waals surface area contributed by atoms with Crippen LogP contribution >= 0.6 is 0 Å². The molecule has 0 aromatic carbocycles. The van der Waals surface area contributed by atoms with Crippen molar-refractivity contribution >= 4 is 17.8 Å². The van der Waals surface area contributed by atoms with Gasteiger partial charge in [-0.05, 0) is 38.7 Å². The molecule has 2 rings (SSSR count). The number of anilines is 1. The molecular weight excluding hydrogens is 258 g/mol. The SMILES string of the molecule is COC(=O)C1CCC(C(=O)Nc2nccc(C)n2)CC1. The lowest BCUT2D eigenvalue weighted by molar-refractivity contribution is -0.147. The number of aryl methyl sites for hydroxylation is 1. The molecule has 1 amide bonds. The molecule has 1 saturated carbocycles. The Labute approximate surface area is 118 Å². The van der Waals surface area contributed by atoms with Gasteiger partial charge in [0.1, 0.15) is 0 Å². The predicted octanol–water partition coefficient (Wildman–Crippen LogP) is 1.70. The summed E-state index contributed by atoms with van der Waals surface area (Å²) >= 11 is 0. The number of amides is 1. The zero-order valence-electron chi connectivity index (χ0n) is 11.8. The van der Waals surface area contributed by atoms with Gasteiger partial charge in [-0.3, -0.25) is 14.9 Å². The molecule has 1 aromatic rings. The summed E-state index contributed by atoms with van der Waals surface area (Å²) in [4.78, 5) is 31.7. The molecule has 6 heteroatoms. The Morgan fingerprint density at radius 1 is 1.25 bits per heavy atom. The van der Waals surface area contributed by atoms with Crippen LogP contribution < -0.4 is 5.32 Å². The Balaban J connectivity index is 1.87. The van der Waals surface area contributed by atoms with Gasteiger partial charge in [0.25, 0.3) is 0 Å². The van der Waals surface area contributed by atoms with Crippen LogP contribution in [0.2, 0.25) is 0 Å². The van der Waals surface area contributed by atoms with Crippen molar-refractivity contribution in [3.8, 4) is 0 Å². The monoisotopic (exact) mass is 277 g/mol. The molecule has 0 radical (unpaired) electrons. The Morgan fingerprint density at radius 2 is 1.90 bits per heavy atom. The van der Waals surface area contributed by atoms with Crippen molar-refractivity contribution in [1.29, 1.82) is 0 Å². The van der Waals surface area contributed by atoms with E-state index in [-0.39, 0.29) is 23.7 Å². The van der Waals surface area contributed by atoms with Crippen LogP contribution in [0.25, 0.3) is 0 Å². The minimum absolute atomic E-state index is 0.0701. The summed E-state index contributed by atoms with van der Waals surface area (Å²) in [5.41, 5.74) is 0.810. The number of ether oxygens (including phenoxy) is 1. The highest BCUT2D eigenvalue weighted by molar-refractivity contribution is 5.91. The van der Waals surface area contributed by atoms with E-state index in [1.54, 1.807) is 12.3 Å². The van der Waals surface area contributed by atoms with Crippen LogP contribution in [0, 0.1) is 18.8 Å². The first kappa shape index (κ1) is 14.4. The summed E-state index contributed by atoms with van der Waals surface area (Å²) < 4.78 is 4.73. The summed E-state index contributed by atoms with van der Waals surface area (Å²) in [6.45, 7) is 1.85. The average molecular weight is 277 g/mol. The molecule has 0 saturated heterocycles. The summed E-state index contributed by atoms with van der Waals surface area (Å²) in [5.74, 6) is -0.0610. The largest absolute Gasteiger partial charge is 0.469 e. The van der Waals surface area contributed by atoms with E-state index in [1.807, 2.05) is 6.92 Å². The number of methoxy groups -OCH3 is 1. The van der Waals surface area contributed by atoms with Gasteiger partial charge in [-0.1, -0.05) is 0 Å². The fraction of sp³-hybridized carbons (Fsp3) is 0.571. The molecule has 0 aliphatic heterocycles. The zero-order valence-corrected chi connectivity index (χ0v) is 11.8. The van der Waals surface area contributed by atoms with Crippen molar-refractivity contribution in [3.05, 3.63) is 18.0 Å². The first-order valence-corrected chi connectivity index (χ1v) is 6.78. The average Bonchev–Trinajstić information content (AvgIpc) is 2.46. The number of rotatable bonds is 3. The molecule has 1 N–H and O–H groups in total. The van der Waals surface area contributed by atoms with Crippen LogP contribution in [0.1, 0.15) is 31.4 Å². The molecule has 20 heavy (non-hydrogen) atoms. The van der Waals surface area contributed by atoms with Gasteiger partial charge >= 0.3 is 5.97 Å². The molecule has 0 atom stereocenters. The van der Waals surface area contributed by atoms with Gasteiger partial charge in [0, 0.05) is 17.8 Å². The number of carbonyl (C=O) groups is 2. The number of nitrogens with zero attached hydrogens (tertiary/aromatic N) is 2. The number of hydrogen-bond donors (Lipinski definition) is 1. The number of nitrogens with one attached hydrogen (secondary N) is 1. The van der Waals surface area contributed by atoms with Crippen LogP contribution in [0.15, 0.2) is 12.3 Å². The Kier molecular flexibility index (Phi) is 4.65. The minimum atomic E-state index is -0.175. The first-order chi connectivity index (χ1) is 9.60. The molecule has 1 aliphatic carbocycles. The second-order valence-corrected chi connectivity index (χ2v) is 5.08. The third-order valence-electron chi connectivity index (χ3n) is 3.66. The van der Waals surface area contributed by atoms with Crippen molar-refractivity contribution in [1.82, 2.24) is 9.97 Å². The minimum Gasteiger partial charge on any atom is -0.469 e. The van der Waals surface area contributed by atoms with Crippen LogP contribution in [-0.4, -0.2) is 29.0 Å². The second-order valence-electron chi connectivity index (χ2n) is 5.08. The van der Waals surface area contributed by atoms with Crippen molar-refractivity contribution in [3.63, 3.8) is 0 Å². The van der Waals surface area contributed by atoms with E-state index in [0.29, 0.717) is 31.6 Å². The van der Waals surface area contributed by atoms with Crippen LogP contribution in [0.4, 0.5) is 5.95 Å². The quantitative estimate of drug-likeness (QED) is 0.850. The van der Waals surface area contributed by atoms with Gasteiger partial charge in [-0.2, -0.15) is 0 Å². The molecule has 1 aromatic heterocycles. The number of hydrogen-bond acceptors (Lipinski definition) is 5. The molecule has 0 spiro atoms. The molecule has 6 nitrogen and oxygen atoms in total. The number of esters is 1. The summed E-state index contributed by atoms with van der Waals surface area (Å²) in [5, 5.41) is 2.73. The summed E-state index contributed by atoms with van der Waals surface area (Å²) in [7, 11) is 1.40. The van der Waals surface area contributed by atoms with Crippen molar-refractivity contribution in [2.24, 2.45) is 11.8 Å². The van der Waals surface area contributed by atoms with E-state index >= 15 is 0 Å². The van der Waals surface area contributed by atoms with Crippen molar-refractivity contribution in [2.45, 2.75) is 32.6 Å². The molecule has 0 bridgehead atoms. The highest BCUT2D eigenvalue weighted by atomic mass is 16.5. The second kappa shape index (κ2) is 6.45. The Hall–Kier alpha value is -1.98. The Morgan fingerprint density at radius 3 is 2.50 bits per heavy atom. The van der Waals surface area contributed by atoms with E-state index in [0.717, 1.165) is 5.69 Å². The fourth-order valence-electron chi connectivity index (χ4n) is 2.48. The zero-order chi connectivity index (χ0) is 14.5. The van der Waals surface area contributed by atoms with Crippen molar-refractivity contribution < 1.29 is 14.3 Å². The van der Waals surface area contributed by atoms with Gasteiger partial charge in [0.05, 0.1) is 13.0 Å². The van der Waals surface area contributed by atoms with Crippen LogP contribution in [-0.2, 0) is 14.3 Å². The van der Waals surface area contributed by atoms with Gasteiger partial charge in [0.2, 0.25) is 11.9 Å². The molecular formula is C14H19N3O3. The molecule has 108 valence electrons. The maximum atomic E-state index is 12.1. The van der Waals surface area contributed by atoms with Gasteiger partial charge in [0.15, 0.2) is 0 Å². The van der Waals surface area contributed by atoms with E-state index in [9.17, 15) is 9.59 Å². The lowest BCUT2D eigenvalue weighted by Gasteiger charge is -2.25. The molecule has 1 heterocycles. The molecule has 1 aliphatic rings. The third kappa shape index (κ3) is 3.53. The summed E-state index contributed by atoms with van der Waals surface area (Å²) in [6, 6.07) is 1.78. The van der Waals surface area contributed by atoms with Gasteiger partial charge in [-0.15, -0.1) is 0 Å².